The number of amides is 2. The molecule has 274 valence electrons. The molecule has 0 spiro atoms. The Labute approximate surface area is 305 Å². The Morgan fingerprint density at radius 2 is 1.90 bits per heavy atom. The molecular weight excluding hydrogens is 728 g/mol. The molecule has 7 N–H and O–H groups in total. The molecule has 2 saturated heterocycles. The number of nitrogen functional groups attached to an aromatic ring is 1. The van der Waals surface area contributed by atoms with Gasteiger partial charge in [0.25, 0.3) is 5.91 Å². The molecule has 19 heteroatoms. The first kappa shape index (κ1) is 37.9. The van der Waals surface area contributed by atoms with Crippen LogP contribution in [0.3, 0.4) is 0 Å². The second-order valence-electron chi connectivity index (χ2n) is 12.9. The Hall–Kier alpha value is -4.39. The smallest absolute Gasteiger partial charge is 0.352 e. The van der Waals surface area contributed by atoms with Crippen LogP contribution in [-0.4, -0.2) is 120 Å². The van der Waals surface area contributed by atoms with Crippen LogP contribution in [0.1, 0.15) is 49.2 Å². The van der Waals surface area contributed by atoms with Gasteiger partial charge in [-0.05, 0) is 12.1 Å². The number of nitrogens with one attached hydrogen (secondary N) is 1. The van der Waals surface area contributed by atoms with Crippen LogP contribution >= 0.6 is 34.7 Å². The second kappa shape index (κ2) is 15.5. The van der Waals surface area contributed by atoms with Gasteiger partial charge in [-0.15, -0.1) is 23.1 Å². The van der Waals surface area contributed by atoms with E-state index in [0.29, 0.717) is 28.9 Å². The number of ketones is 1. The van der Waals surface area contributed by atoms with Crippen LogP contribution in [0, 0.1) is 11.8 Å². The Morgan fingerprint density at radius 1 is 1.20 bits per heavy atom. The lowest BCUT2D eigenvalue weighted by atomic mass is 9.89. The van der Waals surface area contributed by atoms with Crippen molar-refractivity contribution in [1.82, 2.24) is 15.2 Å². The standard InChI is InChI=1S/C32H37ClN6O10S2/c1-15(2)26(31(47)48)49-37-23(19-14-51-32(34)36-19)21(41)11-18-28(44)38-24(30(45)46)16(13-50-29(18)38)12-39(8-3-4-9-39)10-7-35-27(43)17-5-6-20(40)25(42)22(17)33/h5-6,14-15,18,26,29H,3-4,7-13H2,1-2H3,(H6-,34,35,36,37,40,41,42,43,45,46,47,48)/p+1/t18-,26+,29-/m1/s1. The number of phenols is 2. The van der Waals surface area contributed by atoms with Crippen molar-refractivity contribution in [2.24, 2.45) is 17.0 Å². The molecule has 16 nitrogen and oxygen atoms in total. The second-order valence-corrected chi connectivity index (χ2v) is 15.3. The minimum atomic E-state index is -1.34. The average Bonchev–Trinajstić information content (AvgIpc) is 3.72. The highest BCUT2D eigenvalue weighted by Gasteiger charge is 2.55. The number of thioether (sulfide) groups is 1. The number of Topliss-reactive ketones (excluding diaryl/α,β-unsaturated/α-hetero) is 1. The molecule has 51 heavy (non-hydrogen) atoms. The summed E-state index contributed by atoms with van der Waals surface area (Å²) in [6.45, 7) is 5.73. The van der Waals surface area contributed by atoms with Crippen LogP contribution in [0.4, 0.5) is 5.13 Å². The number of phenolic OH excluding ortho intramolecular Hbond substituents is 2. The summed E-state index contributed by atoms with van der Waals surface area (Å²) in [6, 6.07) is 2.47. The summed E-state index contributed by atoms with van der Waals surface area (Å²) < 4.78 is 0.487. The number of hydrogen-bond donors (Lipinski definition) is 6. The summed E-state index contributed by atoms with van der Waals surface area (Å²) >= 11 is 8.44. The molecule has 2 fully saturated rings. The maximum Gasteiger partial charge on any atom is 0.352 e. The van der Waals surface area contributed by atoms with Gasteiger partial charge in [0.1, 0.15) is 17.9 Å². The number of β-lactam (4-membered cyclic amide) rings is 1. The number of carboxylic acid groups (broad SMARTS) is 2. The number of nitrogens with zero attached hydrogens (tertiary/aromatic N) is 4. The van der Waals surface area contributed by atoms with Crippen LogP contribution < -0.4 is 11.1 Å². The largest absolute Gasteiger partial charge is 0.504 e. The summed E-state index contributed by atoms with van der Waals surface area (Å²) in [5, 5.41) is 46.7. The number of carboxylic acids is 2. The predicted octanol–water partition coefficient (Wildman–Crippen LogP) is 2.49. The molecule has 0 unspecified atom stereocenters. The lowest BCUT2D eigenvalue weighted by molar-refractivity contribution is -0.911. The zero-order valence-corrected chi connectivity index (χ0v) is 30.1. The number of halogens is 1. The highest BCUT2D eigenvalue weighted by Crippen LogP contribution is 2.46. The zero-order chi connectivity index (χ0) is 37.2. The maximum atomic E-state index is 13.6. The van der Waals surface area contributed by atoms with Crippen LogP contribution in [0.25, 0.3) is 0 Å². The fourth-order valence-corrected chi connectivity index (χ4v) is 8.73. The van der Waals surface area contributed by atoms with Crippen molar-refractivity contribution in [1.29, 1.82) is 0 Å². The summed E-state index contributed by atoms with van der Waals surface area (Å²) in [6.07, 6.45) is 0.112. The number of carbonyl (C=O) groups excluding carboxylic acids is 3. The highest BCUT2D eigenvalue weighted by molar-refractivity contribution is 8.00. The minimum absolute atomic E-state index is 0.00323. The van der Waals surface area contributed by atoms with E-state index in [1.54, 1.807) is 13.8 Å². The molecule has 5 rings (SSSR count). The summed E-state index contributed by atoms with van der Waals surface area (Å²) in [5.74, 6) is -6.32. The quantitative estimate of drug-likeness (QED) is 0.0503. The van der Waals surface area contributed by atoms with E-state index < -0.39 is 64.3 Å². The SMILES string of the molecule is CC(C)[C@H](O/N=C(/C(=O)C[C@@H]1C(=O)N2C(C(=O)O)=C(C[N+]3(CCNC(=O)c4ccc(O)c(O)c4Cl)CCCC3)CS[C@H]12)c1csc(N)n1)C(=O)O. The molecule has 2 aromatic rings. The van der Waals surface area contributed by atoms with Gasteiger partial charge in [-0.25, -0.2) is 14.6 Å². The lowest BCUT2D eigenvalue weighted by Gasteiger charge is -2.50. The number of aliphatic carboxylic acids is 2. The van der Waals surface area contributed by atoms with E-state index in [-0.39, 0.29) is 45.8 Å². The molecule has 0 radical (unpaired) electrons. The summed E-state index contributed by atoms with van der Waals surface area (Å²) in [4.78, 5) is 74.8. The normalized spacial score (nSPS) is 20.5. The predicted molar refractivity (Wildman–Crippen MR) is 187 cm³/mol. The van der Waals surface area contributed by atoms with Crippen molar-refractivity contribution >= 4 is 75.1 Å². The Kier molecular flexibility index (Phi) is 11.5. The first-order chi connectivity index (χ1) is 24.1. The number of carbonyl (C=O) groups is 5. The van der Waals surface area contributed by atoms with Crippen molar-refractivity contribution in [2.75, 3.05) is 44.2 Å². The van der Waals surface area contributed by atoms with Gasteiger partial charge in [-0.3, -0.25) is 19.3 Å². The molecule has 3 aliphatic heterocycles. The number of anilines is 1. The number of benzene rings is 1. The third kappa shape index (κ3) is 7.93. The monoisotopic (exact) mass is 765 g/mol. The first-order valence-electron chi connectivity index (χ1n) is 16.1. The van der Waals surface area contributed by atoms with Crippen LogP contribution in [0.2, 0.25) is 5.02 Å². The molecule has 4 heterocycles. The van der Waals surface area contributed by atoms with Gasteiger partial charge >= 0.3 is 11.9 Å². The van der Waals surface area contributed by atoms with E-state index in [9.17, 15) is 44.4 Å². The number of thiazole rings is 1. The van der Waals surface area contributed by atoms with Crippen molar-refractivity contribution in [3.05, 3.63) is 45.1 Å². The molecule has 0 aliphatic carbocycles. The lowest BCUT2D eigenvalue weighted by Crippen LogP contribution is -2.63. The van der Waals surface area contributed by atoms with Crippen molar-refractivity contribution < 1.29 is 53.7 Å². The number of likely N-dealkylation sites (tertiary alicyclic amines) is 1. The summed E-state index contributed by atoms with van der Waals surface area (Å²) in [5.41, 5.74) is 6.01. The van der Waals surface area contributed by atoms with Gasteiger partial charge in [0.05, 0.1) is 48.1 Å². The van der Waals surface area contributed by atoms with Crippen molar-refractivity contribution in [2.45, 2.75) is 44.6 Å². The Balaban J connectivity index is 1.29. The van der Waals surface area contributed by atoms with E-state index in [2.05, 4.69) is 15.5 Å². The molecule has 2 amide bonds. The minimum Gasteiger partial charge on any atom is -0.504 e. The first-order valence-corrected chi connectivity index (χ1v) is 18.4. The number of oxime groups is 1. The van der Waals surface area contributed by atoms with Gasteiger partial charge < -0.3 is 40.8 Å². The zero-order valence-electron chi connectivity index (χ0n) is 27.7. The highest BCUT2D eigenvalue weighted by atomic mass is 35.5. The number of aromatic hydroxyl groups is 2. The molecule has 1 aromatic heterocycles. The Bertz CT molecular complexity index is 1810. The van der Waals surface area contributed by atoms with Crippen molar-refractivity contribution in [3.63, 3.8) is 0 Å². The van der Waals surface area contributed by atoms with E-state index in [0.717, 1.165) is 37.3 Å². The van der Waals surface area contributed by atoms with Crippen molar-refractivity contribution in [3.8, 4) is 11.5 Å². The molecule has 3 atom stereocenters. The molecule has 0 saturated carbocycles. The van der Waals surface area contributed by atoms with Gasteiger partial charge in [0, 0.05) is 41.9 Å². The third-order valence-corrected chi connectivity index (χ3v) is 11.6. The van der Waals surface area contributed by atoms with E-state index >= 15 is 0 Å². The number of aromatic nitrogens is 1. The van der Waals surface area contributed by atoms with Crippen LogP contribution in [0.5, 0.6) is 11.5 Å². The molecule has 3 aliphatic rings. The van der Waals surface area contributed by atoms with Gasteiger partial charge in [0.2, 0.25) is 12.0 Å². The van der Waals surface area contributed by atoms with Gasteiger partial charge in [0.15, 0.2) is 28.1 Å². The maximum absolute atomic E-state index is 13.6. The third-order valence-electron chi connectivity index (χ3n) is 9.15. The van der Waals surface area contributed by atoms with Gasteiger partial charge in [-0.1, -0.05) is 30.6 Å². The number of fused-ring (bicyclic) bond motifs is 1. The molecular formula is C32H38ClN6O10S2+. The van der Waals surface area contributed by atoms with E-state index in [1.165, 1.54) is 34.2 Å². The number of nitrogens with two attached hydrogens (primary N) is 1. The molecule has 0 bridgehead atoms. The number of hydrogen-bond acceptors (Lipinski definition) is 13. The number of quaternary nitrogens is 1. The topological polar surface area (TPSA) is 242 Å². The Morgan fingerprint density at radius 3 is 2.51 bits per heavy atom. The summed E-state index contributed by atoms with van der Waals surface area (Å²) in [7, 11) is 0. The van der Waals surface area contributed by atoms with E-state index in [1.807, 2.05) is 0 Å². The van der Waals surface area contributed by atoms with Crippen LogP contribution in [0.15, 0.2) is 33.9 Å². The molecule has 1 aromatic carbocycles. The fraction of sp³-hybridized carbons (Fsp3) is 0.469. The number of rotatable bonds is 15. The van der Waals surface area contributed by atoms with E-state index in [4.69, 9.17) is 22.2 Å². The van der Waals surface area contributed by atoms with Gasteiger partial charge in [-0.2, -0.15) is 0 Å². The van der Waals surface area contributed by atoms with Crippen LogP contribution in [-0.2, 0) is 24.0 Å². The fourth-order valence-electron chi connectivity index (χ4n) is 6.54. The average molecular weight is 766 g/mol.